The average Bonchev–Trinajstić information content (AvgIpc) is 3.15. The second kappa shape index (κ2) is 6.52. The molecule has 2 fully saturated rings. The van der Waals surface area contributed by atoms with Crippen LogP contribution in [0.3, 0.4) is 0 Å². The number of hydrogen-bond donors (Lipinski definition) is 1. The first-order valence-electron chi connectivity index (χ1n) is 7.76. The number of aromatic nitrogens is 1. The fourth-order valence-electron chi connectivity index (χ4n) is 3.59. The van der Waals surface area contributed by atoms with Gasteiger partial charge in [0.15, 0.2) is 0 Å². The van der Waals surface area contributed by atoms with Crippen molar-refractivity contribution in [3.05, 3.63) is 16.1 Å². The van der Waals surface area contributed by atoms with Gasteiger partial charge in [-0.1, -0.05) is 0 Å². The molecule has 0 bridgehead atoms. The molecule has 1 aromatic rings. The third-order valence-corrected chi connectivity index (χ3v) is 5.77. The predicted octanol–water partition coefficient (Wildman–Crippen LogP) is 1.87. The topological polar surface area (TPSA) is 39.6 Å². The molecule has 2 saturated heterocycles. The Balaban J connectivity index is 1.59. The summed E-state index contributed by atoms with van der Waals surface area (Å²) in [5.74, 6) is 0. The summed E-state index contributed by atoms with van der Waals surface area (Å²) < 4.78 is 0. The molecular weight excluding hydrogens is 270 g/mol. The summed E-state index contributed by atoms with van der Waals surface area (Å²) in [6, 6.07) is 1.06. The van der Waals surface area contributed by atoms with Crippen molar-refractivity contribution in [2.75, 3.05) is 26.2 Å². The molecule has 0 spiro atoms. The van der Waals surface area contributed by atoms with Crippen LogP contribution in [0.4, 0.5) is 0 Å². The third kappa shape index (κ3) is 3.06. The monoisotopic (exact) mass is 295 g/mol. The highest BCUT2D eigenvalue weighted by atomic mass is 32.1. The van der Waals surface area contributed by atoms with Gasteiger partial charge in [-0.05, 0) is 45.7 Å². The number of hydrogen-bond acceptors (Lipinski definition) is 5. The Hall–Kier alpha value is -0.490. The molecule has 20 heavy (non-hydrogen) atoms. The van der Waals surface area contributed by atoms with Gasteiger partial charge in [0.05, 0.1) is 17.8 Å². The molecular formula is C15H25N3OS. The lowest BCUT2D eigenvalue weighted by molar-refractivity contribution is 0.120. The highest BCUT2D eigenvalue weighted by molar-refractivity contribution is 7.09. The van der Waals surface area contributed by atoms with Crippen molar-refractivity contribution >= 4 is 11.3 Å². The van der Waals surface area contributed by atoms with Gasteiger partial charge in [-0.15, -0.1) is 11.3 Å². The molecule has 0 saturated carbocycles. The molecule has 1 N–H and O–H groups in total. The Kier molecular flexibility index (Phi) is 4.71. The molecule has 2 unspecified atom stereocenters. The fraction of sp³-hybridized carbons (Fsp3) is 0.800. The smallest absolute Gasteiger partial charge is 0.0798 e. The minimum atomic E-state index is 0.320. The molecule has 0 aliphatic carbocycles. The summed E-state index contributed by atoms with van der Waals surface area (Å²) in [6.07, 6.45) is 5.01. The van der Waals surface area contributed by atoms with E-state index in [0.717, 1.165) is 26.1 Å². The molecule has 3 rings (SSSR count). The van der Waals surface area contributed by atoms with E-state index in [0.29, 0.717) is 18.7 Å². The van der Waals surface area contributed by atoms with E-state index in [9.17, 15) is 5.11 Å². The summed E-state index contributed by atoms with van der Waals surface area (Å²) in [4.78, 5) is 10.9. The molecule has 112 valence electrons. The summed E-state index contributed by atoms with van der Waals surface area (Å²) in [5.41, 5.74) is 3.15. The molecule has 2 aliphatic rings. The van der Waals surface area contributed by atoms with E-state index in [1.54, 1.807) is 11.3 Å². The van der Waals surface area contributed by atoms with Crippen molar-refractivity contribution in [3.63, 3.8) is 0 Å². The van der Waals surface area contributed by atoms with Crippen molar-refractivity contribution < 1.29 is 5.11 Å². The Morgan fingerprint density at radius 1 is 1.25 bits per heavy atom. The zero-order chi connectivity index (χ0) is 13.9. The van der Waals surface area contributed by atoms with Crippen molar-refractivity contribution in [1.29, 1.82) is 0 Å². The number of thiazole rings is 1. The molecule has 1 aromatic heterocycles. The number of aliphatic hydroxyl groups excluding tert-OH is 1. The van der Waals surface area contributed by atoms with E-state index >= 15 is 0 Å². The van der Waals surface area contributed by atoms with E-state index in [1.807, 2.05) is 5.51 Å². The van der Waals surface area contributed by atoms with Crippen LogP contribution in [0.1, 0.15) is 36.3 Å². The van der Waals surface area contributed by atoms with Crippen LogP contribution < -0.4 is 0 Å². The quantitative estimate of drug-likeness (QED) is 0.900. The van der Waals surface area contributed by atoms with Crippen molar-refractivity contribution in [2.24, 2.45) is 0 Å². The number of aryl methyl sites for hydroxylation is 1. The molecule has 0 aromatic carbocycles. The van der Waals surface area contributed by atoms with Crippen molar-refractivity contribution in [1.82, 2.24) is 14.8 Å². The van der Waals surface area contributed by atoms with Gasteiger partial charge in [-0.25, -0.2) is 4.98 Å². The van der Waals surface area contributed by atoms with Gasteiger partial charge in [0.25, 0.3) is 0 Å². The lowest BCUT2D eigenvalue weighted by Gasteiger charge is -2.31. The van der Waals surface area contributed by atoms with Gasteiger partial charge in [0, 0.05) is 30.1 Å². The first-order chi connectivity index (χ1) is 9.78. The highest BCUT2D eigenvalue weighted by Gasteiger charge is 2.31. The van der Waals surface area contributed by atoms with Gasteiger partial charge < -0.3 is 5.11 Å². The van der Waals surface area contributed by atoms with Crippen LogP contribution >= 0.6 is 11.3 Å². The second-order valence-electron chi connectivity index (χ2n) is 6.10. The van der Waals surface area contributed by atoms with E-state index in [2.05, 4.69) is 21.7 Å². The van der Waals surface area contributed by atoms with E-state index in [4.69, 9.17) is 0 Å². The van der Waals surface area contributed by atoms with Gasteiger partial charge in [-0.3, -0.25) is 9.80 Å². The van der Waals surface area contributed by atoms with Gasteiger partial charge in [0.2, 0.25) is 0 Å². The molecule has 5 heteroatoms. The molecule has 0 radical (unpaired) electrons. The normalized spacial score (nSPS) is 28.5. The van der Waals surface area contributed by atoms with Crippen LogP contribution in [0, 0.1) is 6.92 Å². The fourth-order valence-corrected chi connectivity index (χ4v) is 4.39. The Morgan fingerprint density at radius 2 is 2.00 bits per heavy atom. The van der Waals surface area contributed by atoms with Gasteiger partial charge in [-0.2, -0.15) is 0 Å². The van der Waals surface area contributed by atoms with Gasteiger partial charge >= 0.3 is 0 Å². The number of nitrogens with zero attached hydrogens (tertiary/aromatic N) is 3. The van der Waals surface area contributed by atoms with Crippen LogP contribution in [-0.4, -0.2) is 58.2 Å². The molecule has 2 aliphatic heterocycles. The Morgan fingerprint density at radius 3 is 2.70 bits per heavy atom. The SMILES string of the molecule is Cc1ncsc1CN1CCCC1CN1CCCC1CO. The number of rotatable bonds is 5. The van der Waals surface area contributed by atoms with Crippen LogP contribution in [0.25, 0.3) is 0 Å². The molecule has 2 atom stereocenters. The molecule has 4 nitrogen and oxygen atoms in total. The molecule has 3 heterocycles. The second-order valence-corrected chi connectivity index (χ2v) is 7.04. The number of aliphatic hydroxyl groups is 1. The van der Waals surface area contributed by atoms with E-state index in [1.165, 1.54) is 36.4 Å². The standard InChI is InChI=1S/C15H25N3OS/c1-12-15(20-11-16-12)9-18-7-2-4-13(18)8-17-6-3-5-14(17)10-19/h11,13-14,19H,2-10H2,1H3. The summed E-state index contributed by atoms with van der Waals surface area (Å²) >= 11 is 1.78. The van der Waals surface area contributed by atoms with Crippen LogP contribution in [-0.2, 0) is 6.54 Å². The minimum Gasteiger partial charge on any atom is -0.395 e. The maximum Gasteiger partial charge on any atom is 0.0798 e. The highest BCUT2D eigenvalue weighted by Crippen LogP contribution is 2.26. The summed E-state index contributed by atoms with van der Waals surface area (Å²) in [7, 11) is 0. The number of likely N-dealkylation sites (tertiary alicyclic amines) is 2. The zero-order valence-electron chi connectivity index (χ0n) is 12.3. The van der Waals surface area contributed by atoms with E-state index in [-0.39, 0.29) is 0 Å². The predicted molar refractivity (Wildman–Crippen MR) is 82.0 cm³/mol. The first-order valence-corrected chi connectivity index (χ1v) is 8.64. The van der Waals surface area contributed by atoms with Crippen molar-refractivity contribution in [2.45, 2.75) is 51.2 Å². The van der Waals surface area contributed by atoms with Crippen LogP contribution in [0.5, 0.6) is 0 Å². The lowest BCUT2D eigenvalue weighted by atomic mass is 10.2. The third-order valence-electron chi connectivity index (χ3n) is 4.85. The lowest BCUT2D eigenvalue weighted by Crippen LogP contribution is -2.43. The van der Waals surface area contributed by atoms with Gasteiger partial charge in [0.1, 0.15) is 0 Å². The van der Waals surface area contributed by atoms with E-state index < -0.39 is 0 Å². The Bertz CT molecular complexity index is 437. The minimum absolute atomic E-state index is 0.320. The average molecular weight is 295 g/mol. The van der Waals surface area contributed by atoms with Crippen LogP contribution in [0.2, 0.25) is 0 Å². The largest absolute Gasteiger partial charge is 0.395 e. The Labute approximate surface area is 125 Å². The summed E-state index contributed by atoms with van der Waals surface area (Å²) in [5, 5.41) is 9.46. The first kappa shape index (κ1) is 14.4. The van der Waals surface area contributed by atoms with Crippen LogP contribution in [0.15, 0.2) is 5.51 Å². The molecule has 0 amide bonds. The summed E-state index contributed by atoms with van der Waals surface area (Å²) in [6.45, 7) is 6.98. The maximum atomic E-state index is 9.46. The maximum absolute atomic E-state index is 9.46. The van der Waals surface area contributed by atoms with Crippen molar-refractivity contribution in [3.8, 4) is 0 Å². The zero-order valence-corrected chi connectivity index (χ0v) is 13.1.